The van der Waals surface area contributed by atoms with Gasteiger partial charge in [-0.1, -0.05) is 6.07 Å². The van der Waals surface area contributed by atoms with Gasteiger partial charge < -0.3 is 10.4 Å². The summed E-state index contributed by atoms with van der Waals surface area (Å²) in [5.74, 6) is -0.869. The molecule has 2 aromatic rings. The zero-order valence-corrected chi connectivity index (χ0v) is 8.90. The van der Waals surface area contributed by atoms with Crippen LogP contribution >= 0.6 is 0 Å². The molecule has 0 aliphatic rings. The minimum absolute atomic E-state index is 0.0738. The van der Waals surface area contributed by atoms with Gasteiger partial charge in [0.05, 0.1) is 0 Å². The largest absolute Gasteiger partial charge is 0.480 e. The van der Waals surface area contributed by atoms with E-state index < -0.39 is 5.97 Å². The van der Waals surface area contributed by atoms with Gasteiger partial charge in [-0.3, -0.25) is 9.78 Å². The van der Waals surface area contributed by atoms with Gasteiger partial charge in [-0.15, -0.1) is 0 Å². The van der Waals surface area contributed by atoms with E-state index in [1.165, 1.54) is 0 Å². The number of benzene rings is 1. The molecule has 0 radical (unpaired) electrons. The zero-order valence-electron chi connectivity index (χ0n) is 8.90. The molecule has 0 unspecified atom stereocenters. The average molecular weight is 216 g/mol. The highest BCUT2D eigenvalue weighted by Crippen LogP contribution is 2.20. The summed E-state index contributed by atoms with van der Waals surface area (Å²) in [7, 11) is 0. The molecule has 0 fully saturated rings. The lowest BCUT2D eigenvalue weighted by atomic mass is 10.1. The van der Waals surface area contributed by atoms with Crippen molar-refractivity contribution in [1.29, 1.82) is 0 Å². The number of nitrogens with one attached hydrogen (secondary N) is 1. The normalized spacial score (nSPS) is 10.3. The third-order valence-corrected chi connectivity index (χ3v) is 2.41. The Morgan fingerprint density at radius 2 is 2.25 bits per heavy atom. The number of hydrogen-bond donors (Lipinski definition) is 2. The molecule has 16 heavy (non-hydrogen) atoms. The highest BCUT2D eigenvalue weighted by molar-refractivity contribution is 5.87. The number of pyridine rings is 1. The smallest absolute Gasteiger partial charge is 0.322 e. The summed E-state index contributed by atoms with van der Waals surface area (Å²) in [6.07, 6.45) is 1.75. The molecular formula is C12H12N2O2. The highest BCUT2D eigenvalue weighted by Gasteiger charge is 2.00. The van der Waals surface area contributed by atoms with E-state index in [2.05, 4.69) is 10.3 Å². The second kappa shape index (κ2) is 4.18. The van der Waals surface area contributed by atoms with E-state index in [9.17, 15) is 4.79 Å². The molecule has 82 valence electrons. The van der Waals surface area contributed by atoms with Crippen molar-refractivity contribution in [3.05, 3.63) is 36.2 Å². The number of aliphatic carboxylic acids is 1. The molecule has 0 aliphatic heterocycles. The third-order valence-electron chi connectivity index (χ3n) is 2.41. The van der Waals surface area contributed by atoms with Gasteiger partial charge >= 0.3 is 5.97 Å². The zero-order chi connectivity index (χ0) is 11.5. The molecule has 0 bridgehead atoms. The molecule has 0 amide bonds. The fourth-order valence-electron chi connectivity index (χ4n) is 1.62. The minimum Gasteiger partial charge on any atom is -0.480 e. The van der Waals surface area contributed by atoms with Gasteiger partial charge in [0.25, 0.3) is 0 Å². The van der Waals surface area contributed by atoms with Crippen LogP contribution in [-0.2, 0) is 4.79 Å². The Labute approximate surface area is 92.9 Å². The molecule has 0 spiro atoms. The number of carboxylic acid groups (broad SMARTS) is 1. The van der Waals surface area contributed by atoms with Gasteiger partial charge in [0.2, 0.25) is 0 Å². The van der Waals surface area contributed by atoms with E-state index in [1.807, 2.05) is 31.2 Å². The van der Waals surface area contributed by atoms with E-state index in [4.69, 9.17) is 5.11 Å². The Morgan fingerprint density at radius 1 is 1.44 bits per heavy atom. The van der Waals surface area contributed by atoms with Crippen LogP contribution in [-0.4, -0.2) is 22.6 Å². The molecule has 2 N–H and O–H groups in total. The fourth-order valence-corrected chi connectivity index (χ4v) is 1.62. The summed E-state index contributed by atoms with van der Waals surface area (Å²) in [6.45, 7) is 1.88. The van der Waals surface area contributed by atoms with E-state index >= 15 is 0 Å². The Hall–Kier alpha value is -2.10. The van der Waals surface area contributed by atoms with Gasteiger partial charge in [0, 0.05) is 23.0 Å². The molecule has 1 aromatic carbocycles. The standard InChI is InChI=1S/C12H12N2O2/c1-8-11-3-2-10(14-7-12(15)16)6-9(11)4-5-13-8/h2-6,14H,7H2,1H3,(H,15,16). The molecule has 0 aliphatic carbocycles. The van der Waals surface area contributed by atoms with E-state index in [1.54, 1.807) is 6.20 Å². The van der Waals surface area contributed by atoms with Crippen molar-refractivity contribution in [2.24, 2.45) is 0 Å². The third kappa shape index (κ3) is 2.11. The van der Waals surface area contributed by atoms with Crippen molar-refractivity contribution in [3.8, 4) is 0 Å². The molecule has 0 saturated heterocycles. The number of rotatable bonds is 3. The first-order chi connectivity index (χ1) is 7.66. The summed E-state index contributed by atoms with van der Waals surface area (Å²) >= 11 is 0. The van der Waals surface area contributed by atoms with Crippen LogP contribution in [0.5, 0.6) is 0 Å². The number of hydrogen-bond acceptors (Lipinski definition) is 3. The maximum absolute atomic E-state index is 10.4. The van der Waals surface area contributed by atoms with Crippen molar-refractivity contribution in [1.82, 2.24) is 4.98 Å². The van der Waals surface area contributed by atoms with Crippen LogP contribution < -0.4 is 5.32 Å². The number of carbonyl (C=O) groups is 1. The molecule has 1 aromatic heterocycles. The molecule has 4 heteroatoms. The molecule has 0 atom stereocenters. The Balaban J connectivity index is 2.33. The highest BCUT2D eigenvalue weighted by atomic mass is 16.4. The number of fused-ring (bicyclic) bond motifs is 1. The SMILES string of the molecule is Cc1nccc2cc(NCC(=O)O)ccc12. The van der Waals surface area contributed by atoms with Crippen molar-refractivity contribution in [3.63, 3.8) is 0 Å². The van der Waals surface area contributed by atoms with Crippen molar-refractivity contribution < 1.29 is 9.90 Å². The molecule has 1 heterocycles. The summed E-state index contributed by atoms with van der Waals surface area (Å²) in [5.41, 5.74) is 1.78. The van der Waals surface area contributed by atoms with E-state index in [-0.39, 0.29) is 6.54 Å². The lowest BCUT2D eigenvalue weighted by molar-refractivity contribution is -0.134. The fraction of sp³-hybridized carbons (Fsp3) is 0.167. The predicted molar refractivity (Wildman–Crippen MR) is 62.6 cm³/mol. The topological polar surface area (TPSA) is 62.2 Å². The van der Waals surface area contributed by atoms with Crippen LogP contribution in [0.4, 0.5) is 5.69 Å². The number of nitrogens with zero attached hydrogens (tertiary/aromatic N) is 1. The Morgan fingerprint density at radius 3 is 3.00 bits per heavy atom. The predicted octanol–water partition coefficient (Wildman–Crippen LogP) is 2.04. The van der Waals surface area contributed by atoms with Gasteiger partial charge in [0.1, 0.15) is 6.54 Å². The summed E-state index contributed by atoms with van der Waals surface area (Å²) in [4.78, 5) is 14.6. The van der Waals surface area contributed by atoms with Crippen LogP contribution in [0.25, 0.3) is 10.8 Å². The second-order valence-electron chi connectivity index (χ2n) is 3.58. The second-order valence-corrected chi connectivity index (χ2v) is 3.58. The quantitative estimate of drug-likeness (QED) is 0.824. The number of aromatic nitrogens is 1. The van der Waals surface area contributed by atoms with E-state index in [0.717, 1.165) is 22.2 Å². The van der Waals surface area contributed by atoms with E-state index in [0.29, 0.717) is 0 Å². The first-order valence-corrected chi connectivity index (χ1v) is 4.98. The average Bonchev–Trinajstić information content (AvgIpc) is 2.26. The van der Waals surface area contributed by atoms with Crippen LogP contribution in [0.15, 0.2) is 30.5 Å². The maximum Gasteiger partial charge on any atom is 0.322 e. The number of anilines is 1. The lowest BCUT2D eigenvalue weighted by Gasteiger charge is -2.06. The van der Waals surface area contributed by atoms with Crippen molar-refractivity contribution >= 4 is 22.4 Å². The first-order valence-electron chi connectivity index (χ1n) is 4.98. The van der Waals surface area contributed by atoms with Gasteiger partial charge in [-0.05, 0) is 30.5 Å². The maximum atomic E-state index is 10.4. The van der Waals surface area contributed by atoms with Gasteiger partial charge in [-0.25, -0.2) is 0 Å². The Bertz CT molecular complexity index is 538. The number of carboxylic acids is 1. The molecule has 4 nitrogen and oxygen atoms in total. The summed E-state index contributed by atoms with van der Waals surface area (Å²) in [5, 5.41) is 13.5. The van der Waals surface area contributed by atoms with Crippen molar-refractivity contribution in [2.45, 2.75) is 6.92 Å². The Kier molecular flexibility index (Phi) is 2.72. The lowest BCUT2D eigenvalue weighted by Crippen LogP contribution is -2.12. The molecule has 0 saturated carbocycles. The van der Waals surface area contributed by atoms with Crippen LogP contribution in [0.1, 0.15) is 5.69 Å². The molecular weight excluding hydrogens is 204 g/mol. The minimum atomic E-state index is -0.869. The summed E-state index contributed by atoms with van der Waals surface area (Å²) < 4.78 is 0. The van der Waals surface area contributed by atoms with Crippen LogP contribution in [0.3, 0.4) is 0 Å². The monoisotopic (exact) mass is 216 g/mol. The van der Waals surface area contributed by atoms with Crippen LogP contribution in [0.2, 0.25) is 0 Å². The summed E-state index contributed by atoms with van der Waals surface area (Å²) in [6, 6.07) is 7.64. The number of aryl methyl sites for hydroxylation is 1. The molecule has 2 rings (SSSR count). The first kappa shape index (κ1) is 10.4. The van der Waals surface area contributed by atoms with Gasteiger partial charge in [0.15, 0.2) is 0 Å². The van der Waals surface area contributed by atoms with Gasteiger partial charge in [-0.2, -0.15) is 0 Å². The van der Waals surface area contributed by atoms with Crippen LogP contribution in [0, 0.1) is 6.92 Å². The van der Waals surface area contributed by atoms with Crippen molar-refractivity contribution in [2.75, 3.05) is 11.9 Å².